The summed E-state index contributed by atoms with van der Waals surface area (Å²) in [5.41, 5.74) is 0.628. The second-order valence-corrected chi connectivity index (χ2v) is 5.00. The van der Waals surface area contributed by atoms with Gasteiger partial charge in [0, 0.05) is 11.8 Å². The number of hydrogen-bond donors (Lipinski definition) is 2. The highest BCUT2D eigenvalue weighted by Crippen LogP contribution is 2.20. The normalized spacial score (nSPS) is 10.3. The summed E-state index contributed by atoms with van der Waals surface area (Å²) in [7, 11) is 0. The van der Waals surface area contributed by atoms with E-state index in [4.69, 9.17) is 9.84 Å². The van der Waals surface area contributed by atoms with Gasteiger partial charge in [-0.15, -0.1) is 0 Å². The van der Waals surface area contributed by atoms with Gasteiger partial charge in [0.25, 0.3) is 5.91 Å². The average Bonchev–Trinajstić information content (AvgIpc) is 2.46. The van der Waals surface area contributed by atoms with Crippen LogP contribution in [-0.2, 0) is 0 Å². The molecule has 0 atom stereocenters. The van der Waals surface area contributed by atoms with E-state index in [9.17, 15) is 9.59 Å². The van der Waals surface area contributed by atoms with E-state index in [1.165, 1.54) is 12.1 Å². The van der Waals surface area contributed by atoms with E-state index >= 15 is 0 Å². The summed E-state index contributed by atoms with van der Waals surface area (Å²) < 4.78 is 5.56. The predicted molar refractivity (Wildman–Crippen MR) is 83.6 cm³/mol. The van der Waals surface area contributed by atoms with Gasteiger partial charge >= 0.3 is 5.97 Å². The summed E-state index contributed by atoms with van der Waals surface area (Å²) in [6.07, 6.45) is 0.0266. The minimum atomic E-state index is -1.14. The molecule has 2 aromatic carbocycles. The fraction of sp³-hybridized carbons (Fsp3) is 0.176. The molecule has 0 aliphatic rings. The van der Waals surface area contributed by atoms with E-state index in [1.54, 1.807) is 36.4 Å². The Balaban J connectivity index is 2.21. The van der Waals surface area contributed by atoms with Crippen LogP contribution in [0.15, 0.2) is 48.5 Å². The third-order valence-corrected chi connectivity index (χ3v) is 2.87. The zero-order valence-electron chi connectivity index (χ0n) is 12.4. The van der Waals surface area contributed by atoms with Crippen LogP contribution in [0.5, 0.6) is 5.75 Å². The maximum Gasteiger partial charge on any atom is 0.336 e. The van der Waals surface area contributed by atoms with Crippen molar-refractivity contribution in [2.45, 2.75) is 20.0 Å². The minimum absolute atomic E-state index is 0.0266. The van der Waals surface area contributed by atoms with Crippen LogP contribution in [0.25, 0.3) is 0 Å². The Labute approximate surface area is 128 Å². The average molecular weight is 299 g/mol. The van der Waals surface area contributed by atoms with Crippen molar-refractivity contribution in [1.82, 2.24) is 0 Å². The van der Waals surface area contributed by atoms with E-state index in [-0.39, 0.29) is 17.2 Å². The van der Waals surface area contributed by atoms with Gasteiger partial charge in [-0.3, -0.25) is 4.79 Å². The first-order chi connectivity index (χ1) is 10.5. The quantitative estimate of drug-likeness (QED) is 0.887. The summed E-state index contributed by atoms with van der Waals surface area (Å²) in [4.78, 5) is 23.4. The molecule has 2 aromatic rings. The highest BCUT2D eigenvalue weighted by atomic mass is 16.5. The number of hydrogen-bond acceptors (Lipinski definition) is 3. The van der Waals surface area contributed by atoms with Gasteiger partial charge in [0.2, 0.25) is 0 Å². The molecule has 0 heterocycles. The first-order valence-electron chi connectivity index (χ1n) is 6.88. The Hall–Kier alpha value is -2.82. The second-order valence-electron chi connectivity index (χ2n) is 5.00. The predicted octanol–water partition coefficient (Wildman–Crippen LogP) is 3.42. The lowest BCUT2D eigenvalue weighted by molar-refractivity contribution is 0.0692. The number of ether oxygens (including phenoxy) is 1. The number of carboxylic acids is 1. The van der Waals surface area contributed by atoms with Crippen LogP contribution in [0.1, 0.15) is 34.6 Å². The number of anilines is 1. The van der Waals surface area contributed by atoms with Crippen molar-refractivity contribution in [2.24, 2.45) is 0 Å². The summed E-state index contributed by atoms with van der Waals surface area (Å²) >= 11 is 0. The van der Waals surface area contributed by atoms with Gasteiger partial charge < -0.3 is 15.2 Å². The maximum atomic E-state index is 12.3. The number of amides is 1. The van der Waals surface area contributed by atoms with Crippen molar-refractivity contribution in [3.05, 3.63) is 59.7 Å². The Morgan fingerprint density at radius 2 is 1.73 bits per heavy atom. The minimum Gasteiger partial charge on any atom is -0.491 e. The fourth-order valence-corrected chi connectivity index (χ4v) is 1.99. The van der Waals surface area contributed by atoms with Crippen molar-refractivity contribution in [2.75, 3.05) is 5.32 Å². The summed E-state index contributed by atoms with van der Waals surface area (Å²) in [5, 5.41) is 11.8. The molecule has 0 spiro atoms. The van der Waals surface area contributed by atoms with Crippen molar-refractivity contribution in [3.8, 4) is 5.75 Å². The third-order valence-electron chi connectivity index (χ3n) is 2.87. The molecule has 0 saturated heterocycles. The molecule has 0 unspecified atom stereocenters. The number of nitrogens with one attached hydrogen (secondary N) is 1. The van der Waals surface area contributed by atoms with Gasteiger partial charge in [-0.1, -0.05) is 18.2 Å². The van der Waals surface area contributed by atoms with E-state index in [0.29, 0.717) is 11.4 Å². The Morgan fingerprint density at radius 3 is 2.36 bits per heavy atom. The van der Waals surface area contributed by atoms with Crippen LogP contribution in [-0.4, -0.2) is 23.1 Å². The number of benzene rings is 2. The lowest BCUT2D eigenvalue weighted by Gasteiger charge is -2.12. The first kappa shape index (κ1) is 15.6. The molecule has 0 aliphatic heterocycles. The molecule has 5 nitrogen and oxygen atoms in total. The van der Waals surface area contributed by atoms with Crippen LogP contribution in [0.3, 0.4) is 0 Å². The van der Waals surface area contributed by atoms with Crippen molar-refractivity contribution < 1.29 is 19.4 Å². The number of rotatable bonds is 5. The Kier molecular flexibility index (Phi) is 4.78. The molecule has 0 radical (unpaired) electrons. The van der Waals surface area contributed by atoms with Gasteiger partial charge in [-0.2, -0.15) is 0 Å². The van der Waals surface area contributed by atoms with Crippen molar-refractivity contribution in [1.29, 1.82) is 0 Å². The molecule has 0 saturated carbocycles. The van der Waals surface area contributed by atoms with Crippen LogP contribution in [0.4, 0.5) is 5.69 Å². The molecule has 0 aliphatic carbocycles. The van der Waals surface area contributed by atoms with E-state index in [2.05, 4.69) is 5.32 Å². The van der Waals surface area contributed by atoms with Crippen LogP contribution in [0, 0.1) is 0 Å². The standard InChI is InChI=1S/C17H17NO4/c1-11(2)22-13-7-5-6-12(10-13)18-16(19)14-8-3-4-9-15(14)17(20)21/h3-11H,1-2H3,(H,18,19)(H,20,21). The third kappa shape index (κ3) is 3.85. The number of carbonyl (C=O) groups excluding carboxylic acids is 1. The van der Waals surface area contributed by atoms with Crippen LogP contribution >= 0.6 is 0 Å². The molecule has 2 rings (SSSR count). The molecular weight excluding hydrogens is 282 g/mol. The second kappa shape index (κ2) is 6.76. The van der Waals surface area contributed by atoms with Crippen LogP contribution in [0.2, 0.25) is 0 Å². The summed E-state index contributed by atoms with van der Waals surface area (Å²) in [5.74, 6) is -0.971. The molecule has 114 valence electrons. The molecular formula is C17H17NO4. The molecule has 0 bridgehead atoms. The molecule has 22 heavy (non-hydrogen) atoms. The molecule has 5 heteroatoms. The molecule has 0 aromatic heterocycles. The zero-order valence-corrected chi connectivity index (χ0v) is 12.4. The van der Waals surface area contributed by atoms with Gasteiger partial charge in [-0.05, 0) is 38.1 Å². The summed E-state index contributed by atoms with van der Waals surface area (Å²) in [6.45, 7) is 3.82. The maximum absolute atomic E-state index is 12.3. The van der Waals surface area contributed by atoms with Crippen LogP contribution < -0.4 is 10.1 Å². The fourth-order valence-electron chi connectivity index (χ4n) is 1.99. The monoisotopic (exact) mass is 299 g/mol. The largest absolute Gasteiger partial charge is 0.491 e. The van der Waals surface area contributed by atoms with Gasteiger partial charge in [0.15, 0.2) is 0 Å². The number of carbonyl (C=O) groups is 2. The molecule has 1 amide bonds. The number of carboxylic acid groups (broad SMARTS) is 1. The lowest BCUT2D eigenvalue weighted by atomic mass is 10.1. The first-order valence-corrected chi connectivity index (χ1v) is 6.88. The molecule has 2 N–H and O–H groups in total. The Bertz CT molecular complexity index is 695. The number of aromatic carboxylic acids is 1. The van der Waals surface area contributed by atoms with E-state index in [1.807, 2.05) is 13.8 Å². The van der Waals surface area contributed by atoms with Gasteiger partial charge in [-0.25, -0.2) is 4.79 Å². The highest BCUT2D eigenvalue weighted by Gasteiger charge is 2.15. The van der Waals surface area contributed by atoms with Gasteiger partial charge in [0.1, 0.15) is 5.75 Å². The lowest BCUT2D eigenvalue weighted by Crippen LogP contribution is -2.16. The summed E-state index contributed by atoms with van der Waals surface area (Å²) in [6, 6.07) is 13.0. The molecule has 0 fully saturated rings. The van der Waals surface area contributed by atoms with E-state index in [0.717, 1.165) is 0 Å². The SMILES string of the molecule is CC(C)Oc1cccc(NC(=O)c2ccccc2C(=O)O)c1. The van der Waals surface area contributed by atoms with E-state index < -0.39 is 11.9 Å². The topological polar surface area (TPSA) is 75.6 Å². The highest BCUT2D eigenvalue weighted by molar-refractivity contribution is 6.10. The van der Waals surface area contributed by atoms with Crippen molar-refractivity contribution in [3.63, 3.8) is 0 Å². The zero-order chi connectivity index (χ0) is 16.1. The Morgan fingerprint density at radius 1 is 1.05 bits per heavy atom. The smallest absolute Gasteiger partial charge is 0.336 e. The van der Waals surface area contributed by atoms with Crippen molar-refractivity contribution >= 4 is 17.6 Å². The van der Waals surface area contributed by atoms with Gasteiger partial charge in [0.05, 0.1) is 17.2 Å².